The fraction of sp³-hybridized carbons (Fsp3) is 0.105. The fourth-order valence-corrected chi connectivity index (χ4v) is 2.89. The normalized spacial score (nSPS) is 11.4. The third kappa shape index (κ3) is 1.86. The SMILES string of the molecule is Cc1ccc2c(-c3oc4ccccc4c3C)cc(=O)oc2c1. The van der Waals surface area contributed by atoms with Crippen LogP contribution in [0.15, 0.2) is 62.2 Å². The average molecular weight is 290 g/mol. The minimum Gasteiger partial charge on any atom is -0.456 e. The Labute approximate surface area is 126 Å². The van der Waals surface area contributed by atoms with E-state index in [1.165, 1.54) is 6.07 Å². The Kier molecular flexibility index (Phi) is 2.70. The highest BCUT2D eigenvalue weighted by Gasteiger charge is 2.16. The van der Waals surface area contributed by atoms with Crippen molar-refractivity contribution in [2.24, 2.45) is 0 Å². The van der Waals surface area contributed by atoms with Crippen molar-refractivity contribution in [1.82, 2.24) is 0 Å². The molecule has 2 heterocycles. The van der Waals surface area contributed by atoms with Crippen molar-refractivity contribution in [3.05, 3.63) is 70.1 Å². The van der Waals surface area contributed by atoms with Crippen molar-refractivity contribution >= 4 is 21.9 Å². The third-order valence-electron chi connectivity index (χ3n) is 3.99. The zero-order valence-corrected chi connectivity index (χ0v) is 12.3. The molecule has 4 rings (SSSR count). The van der Waals surface area contributed by atoms with Gasteiger partial charge in [-0.2, -0.15) is 0 Å². The zero-order valence-electron chi connectivity index (χ0n) is 12.3. The van der Waals surface area contributed by atoms with Crippen molar-refractivity contribution in [2.45, 2.75) is 13.8 Å². The van der Waals surface area contributed by atoms with Crippen molar-refractivity contribution in [3.63, 3.8) is 0 Å². The second kappa shape index (κ2) is 4.60. The molecule has 0 aliphatic carbocycles. The maximum atomic E-state index is 11.9. The topological polar surface area (TPSA) is 43.4 Å². The van der Waals surface area contributed by atoms with Crippen molar-refractivity contribution < 1.29 is 8.83 Å². The molecule has 108 valence electrons. The lowest BCUT2D eigenvalue weighted by Crippen LogP contribution is -1.98. The van der Waals surface area contributed by atoms with E-state index in [2.05, 4.69) is 0 Å². The summed E-state index contributed by atoms with van der Waals surface area (Å²) in [4.78, 5) is 11.9. The summed E-state index contributed by atoms with van der Waals surface area (Å²) in [5.74, 6) is 0.725. The van der Waals surface area contributed by atoms with E-state index in [9.17, 15) is 4.79 Å². The Bertz CT molecular complexity index is 1070. The van der Waals surface area contributed by atoms with E-state index in [4.69, 9.17) is 8.83 Å². The molecule has 22 heavy (non-hydrogen) atoms. The molecule has 0 bridgehead atoms. The first-order valence-electron chi connectivity index (χ1n) is 7.16. The molecule has 0 fully saturated rings. The molecule has 0 aliphatic rings. The van der Waals surface area contributed by atoms with Crippen LogP contribution in [0.5, 0.6) is 0 Å². The number of para-hydroxylation sites is 1. The third-order valence-corrected chi connectivity index (χ3v) is 3.99. The van der Waals surface area contributed by atoms with Crippen LogP contribution in [-0.4, -0.2) is 0 Å². The van der Waals surface area contributed by atoms with Crippen LogP contribution in [0.2, 0.25) is 0 Å². The van der Waals surface area contributed by atoms with Crippen LogP contribution in [0.1, 0.15) is 11.1 Å². The van der Waals surface area contributed by atoms with Crippen LogP contribution in [0.4, 0.5) is 0 Å². The smallest absolute Gasteiger partial charge is 0.336 e. The lowest BCUT2D eigenvalue weighted by molar-refractivity contribution is 0.559. The number of hydrogen-bond donors (Lipinski definition) is 0. The molecular formula is C19H14O3. The summed E-state index contributed by atoms with van der Waals surface area (Å²) in [6, 6.07) is 15.2. The number of hydrogen-bond acceptors (Lipinski definition) is 3. The van der Waals surface area contributed by atoms with Gasteiger partial charge in [-0.25, -0.2) is 4.79 Å². The molecule has 0 saturated carbocycles. The molecule has 0 N–H and O–H groups in total. The van der Waals surface area contributed by atoms with Gasteiger partial charge < -0.3 is 8.83 Å². The fourth-order valence-electron chi connectivity index (χ4n) is 2.89. The summed E-state index contributed by atoms with van der Waals surface area (Å²) in [6.45, 7) is 3.98. The summed E-state index contributed by atoms with van der Waals surface area (Å²) in [5, 5.41) is 1.94. The van der Waals surface area contributed by atoms with Gasteiger partial charge >= 0.3 is 5.63 Å². The molecule has 3 heteroatoms. The van der Waals surface area contributed by atoms with Crippen LogP contribution in [0.3, 0.4) is 0 Å². The highest BCUT2D eigenvalue weighted by atomic mass is 16.4. The predicted molar refractivity (Wildman–Crippen MR) is 87.2 cm³/mol. The largest absolute Gasteiger partial charge is 0.456 e. The summed E-state index contributed by atoms with van der Waals surface area (Å²) in [5.41, 5.74) is 3.90. The van der Waals surface area contributed by atoms with Gasteiger partial charge in [0.2, 0.25) is 0 Å². The van der Waals surface area contributed by atoms with Gasteiger partial charge in [-0.15, -0.1) is 0 Å². The van der Waals surface area contributed by atoms with Crippen molar-refractivity contribution in [3.8, 4) is 11.3 Å². The zero-order chi connectivity index (χ0) is 15.3. The van der Waals surface area contributed by atoms with E-state index in [1.54, 1.807) is 0 Å². The van der Waals surface area contributed by atoms with Crippen molar-refractivity contribution in [1.29, 1.82) is 0 Å². The standard InChI is InChI=1S/C19H14O3/c1-11-7-8-14-15(10-18(20)21-17(14)9-11)19-12(2)13-5-3-4-6-16(13)22-19/h3-10H,1-2H3. The molecule has 2 aromatic heterocycles. The summed E-state index contributed by atoms with van der Waals surface area (Å²) in [7, 11) is 0. The van der Waals surface area contributed by atoms with E-state index in [0.29, 0.717) is 5.58 Å². The second-order valence-electron chi connectivity index (χ2n) is 5.53. The van der Waals surface area contributed by atoms with Crippen LogP contribution >= 0.6 is 0 Å². The second-order valence-corrected chi connectivity index (χ2v) is 5.53. The summed E-state index contributed by atoms with van der Waals surface area (Å²) < 4.78 is 11.3. The van der Waals surface area contributed by atoms with Gasteiger partial charge in [0.25, 0.3) is 0 Å². The van der Waals surface area contributed by atoms with E-state index in [0.717, 1.165) is 38.8 Å². The Morgan fingerprint density at radius 1 is 0.818 bits per heavy atom. The molecule has 0 aliphatic heterocycles. The van der Waals surface area contributed by atoms with Gasteiger partial charge in [0, 0.05) is 28.0 Å². The van der Waals surface area contributed by atoms with Gasteiger partial charge in [-0.05, 0) is 31.5 Å². The van der Waals surface area contributed by atoms with Gasteiger partial charge in [0.05, 0.1) is 0 Å². The van der Waals surface area contributed by atoms with E-state index < -0.39 is 0 Å². The van der Waals surface area contributed by atoms with Crippen LogP contribution in [0, 0.1) is 13.8 Å². The highest BCUT2D eigenvalue weighted by molar-refractivity contribution is 5.96. The van der Waals surface area contributed by atoms with E-state index in [-0.39, 0.29) is 5.63 Å². The van der Waals surface area contributed by atoms with Gasteiger partial charge in [-0.1, -0.05) is 30.3 Å². The monoisotopic (exact) mass is 290 g/mol. The lowest BCUT2D eigenvalue weighted by atomic mass is 10.0. The molecule has 0 radical (unpaired) electrons. The average Bonchev–Trinajstić information content (AvgIpc) is 2.83. The quantitative estimate of drug-likeness (QED) is 0.472. The number of benzene rings is 2. The minimum atomic E-state index is -0.368. The predicted octanol–water partition coefficient (Wildman–Crippen LogP) is 4.82. The van der Waals surface area contributed by atoms with Gasteiger partial charge in [0.15, 0.2) is 0 Å². The highest BCUT2D eigenvalue weighted by Crippen LogP contribution is 2.36. The van der Waals surface area contributed by atoms with E-state index >= 15 is 0 Å². The van der Waals surface area contributed by atoms with Crippen LogP contribution < -0.4 is 5.63 Å². The number of aryl methyl sites for hydroxylation is 2. The molecule has 4 aromatic rings. The summed E-state index contributed by atoms with van der Waals surface area (Å²) in [6.07, 6.45) is 0. The van der Waals surface area contributed by atoms with Gasteiger partial charge in [0.1, 0.15) is 16.9 Å². The van der Waals surface area contributed by atoms with Crippen LogP contribution in [0.25, 0.3) is 33.3 Å². The molecule has 2 aromatic carbocycles. The maximum absolute atomic E-state index is 11.9. The molecule has 0 atom stereocenters. The van der Waals surface area contributed by atoms with Gasteiger partial charge in [-0.3, -0.25) is 0 Å². The Hall–Kier alpha value is -2.81. The molecular weight excluding hydrogens is 276 g/mol. The molecule has 0 unspecified atom stereocenters. The number of rotatable bonds is 1. The van der Waals surface area contributed by atoms with Crippen LogP contribution in [-0.2, 0) is 0 Å². The van der Waals surface area contributed by atoms with Crippen molar-refractivity contribution in [2.75, 3.05) is 0 Å². The Balaban J connectivity index is 2.12. The molecule has 0 saturated heterocycles. The molecule has 0 amide bonds. The number of fused-ring (bicyclic) bond motifs is 2. The van der Waals surface area contributed by atoms with E-state index in [1.807, 2.05) is 56.3 Å². The minimum absolute atomic E-state index is 0.368. The first kappa shape index (κ1) is 12.9. The Morgan fingerprint density at radius 3 is 2.45 bits per heavy atom. The summed E-state index contributed by atoms with van der Waals surface area (Å²) >= 11 is 0. The molecule has 0 spiro atoms. The lowest BCUT2D eigenvalue weighted by Gasteiger charge is -2.04. The maximum Gasteiger partial charge on any atom is 0.336 e. The Morgan fingerprint density at radius 2 is 1.64 bits per heavy atom. The first-order chi connectivity index (χ1) is 10.6. The number of furan rings is 1. The first-order valence-corrected chi connectivity index (χ1v) is 7.16. The molecule has 3 nitrogen and oxygen atoms in total.